The van der Waals surface area contributed by atoms with Gasteiger partial charge >= 0.3 is 0 Å². The van der Waals surface area contributed by atoms with Crippen molar-refractivity contribution in [2.45, 2.75) is 38.1 Å². The fourth-order valence-electron chi connectivity index (χ4n) is 4.03. The molecule has 1 heterocycles. The van der Waals surface area contributed by atoms with Crippen molar-refractivity contribution >= 4 is 16.6 Å². The molecule has 1 N–H and O–H groups in total. The number of hydrogen-bond acceptors (Lipinski definition) is 2. The largest absolute Gasteiger partial charge is 0.362 e. The van der Waals surface area contributed by atoms with Crippen LogP contribution in [0.1, 0.15) is 43.7 Å². The first-order valence-electron chi connectivity index (χ1n) is 9.17. The fourth-order valence-corrected chi connectivity index (χ4v) is 4.03. The van der Waals surface area contributed by atoms with E-state index in [9.17, 15) is 4.39 Å². The van der Waals surface area contributed by atoms with Gasteiger partial charge in [-0.15, -0.1) is 0 Å². The minimum atomic E-state index is -0.134. The van der Waals surface area contributed by atoms with Crippen LogP contribution in [0.5, 0.6) is 0 Å². The predicted molar refractivity (Wildman–Crippen MR) is 101 cm³/mol. The second-order valence-electron chi connectivity index (χ2n) is 6.92. The van der Waals surface area contributed by atoms with E-state index in [0.29, 0.717) is 5.92 Å². The normalized spacial score (nSPS) is 16.7. The Balaban J connectivity index is 1.74. The minimum Gasteiger partial charge on any atom is -0.362 e. The van der Waals surface area contributed by atoms with Crippen molar-refractivity contribution in [1.29, 1.82) is 0 Å². The van der Waals surface area contributed by atoms with Crippen molar-refractivity contribution in [2.24, 2.45) is 5.92 Å². The minimum absolute atomic E-state index is 0.0418. The number of benzene rings is 2. The molecule has 2 nitrogen and oxygen atoms in total. The van der Waals surface area contributed by atoms with Gasteiger partial charge in [-0.1, -0.05) is 61.7 Å². The Morgan fingerprint density at radius 3 is 2.52 bits per heavy atom. The van der Waals surface area contributed by atoms with E-state index < -0.39 is 0 Å². The van der Waals surface area contributed by atoms with Crippen LogP contribution in [0.15, 0.2) is 60.8 Å². The van der Waals surface area contributed by atoms with E-state index in [0.717, 1.165) is 35.0 Å². The number of aromatic nitrogens is 1. The summed E-state index contributed by atoms with van der Waals surface area (Å²) < 4.78 is 14.6. The van der Waals surface area contributed by atoms with Crippen molar-refractivity contribution in [3.8, 4) is 0 Å². The lowest BCUT2D eigenvalue weighted by Crippen LogP contribution is -2.24. The second kappa shape index (κ2) is 7.22. The van der Waals surface area contributed by atoms with E-state index in [1.54, 1.807) is 12.1 Å². The Labute approximate surface area is 148 Å². The summed E-state index contributed by atoms with van der Waals surface area (Å²) in [5, 5.41) is 5.83. The molecule has 0 amide bonds. The molecule has 1 atom stereocenters. The van der Waals surface area contributed by atoms with Crippen molar-refractivity contribution in [3.05, 3.63) is 72.2 Å². The maximum atomic E-state index is 14.6. The molecule has 4 rings (SSSR count). The van der Waals surface area contributed by atoms with Crippen LogP contribution in [-0.2, 0) is 0 Å². The van der Waals surface area contributed by atoms with Crippen LogP contribution in [0, 0.1) is 11.7 Å². The molecule has 0 radical (unpaired) electrons. The molecule has 2 aromatic carbocycles. The van der Waals surface area contributed by atoms with Gasteiger partial charge < -0.3 is 5.32 Å². The van der Waals surface area contributed by atoms with Crippen LogP contribution < -0.4 is 5.32 Å². The van der Waals surface area contributed by atoms with E-state index in [4.69, 9.17) is 0 Å². The Kier molecular flexibility index (Phi) is 4.64. The van der Waals surface area contributed by atoms with Gasteiger partial charge in [0.05, 0.1) is 6.04 Å². The maximum Gasteiger partial charge on any atom is 0.134 e. The number of halogens is 1. The highest BCUT2D eigenvalue weighted by Gasteiger charge is 2.27. The Bertz CT molecular complexity index is 850. The molecule has 0 bridgehead atoms. The zero-order valence-electron chi connectivity index (χ0n) is 14.3. The van der Waals surface area contributed by atoms with Crippen molar-refractivity contribution < 1.29 is 4.39 Å². The number of hydrogen-bond donors (Lipinski definition) is 1. The molecule has 1 unspecified atom stereocenters. The summed E-state index contributed by atoms with van der Waals surface area (Å²) in [5.41, 5.74) is 0.754. The van der Waals surface area contributed by atoms with Crippen molar-refractivity contribution in [3.63, 3.8) is 0 Å². The molecule has 1 fully saturated rings. The highest BCUT2D eigenvalue weighted by atomic mass is 19.1. The lowest BCUT2D eigenvalue weighted by molar-refractivity contribution is 0.316. The fraction of sp³-hybridized carbons (Fsp3) is 0.318. The summed E-state index contributed by atoms with van der Waals surface area (Å²) in [6.07, 6.45) is 7.82. The summed E-state index contributed by atoms with van der Waals surface area (Å²) in [6.45, 7) is 0. The van der Waals surface area contributed by atoms with E-state index in [1.807, 2.05) is 36.5 Å². The molecular weight excluding hydrogens is 311 g/mol. The maximum absolute atomic E-state index is 14.6. The summed E-state index contributed by atoms with van der Waals surface area (Å²) in [4.78, 5) is 4.56. The lowest BCUT2D eigenvalue weighted by atomic mass is 9.81. The highest BCUT2D eigenvalue weighted by Crippen LogP contribution is 2.38. The van der Waals surface area contributed by atoms with Crippen LogP contribution in [0.25, 0.3) is 10.8 Å². The Morgan fingerprint density at radius 1 is 0.920 bits per heavy atom. The smallest absolute Gasteiger partial charge is 0.134 e. The molecule has 0 saturated heterocycles. The summed E-state index contributed by atoms with van der Waals surface area (Å²) in [6, 6.07) is 17.3. The van der Waals surface area contributed by atoms with Crippen LogP contribution in [-0.4, -0.2) is 4.98 Å². The second-order valence-corrected chi connectivity index (χ2v) is 6.92. The van der Waals surface area contributed by atoms with Gasteiger partial charge in [0.2, 0.25) is 0 Å². The zero-order chi connectivity index (χ0) is 17.1. The average molecular weight is 334 g/mol. The number of rotatable bonds is 4. The molecular formula is C22H23FN2. The number of anilines is 1. The number of fused-ring (bicyclic) bond motifs is 1. The van der Waals surface area contributed by atoms with Gasteiger partial charge in [-0.3, -0.25) is 0 Å². The van der Waals surface area contributed by atoms with E-state index >= 15 is 0 Å². The SMILES string of the molecule is Fc1ccccc1C(Nc1nccc2ccccc12)C1CCCCC1. The zero-order valence-corrected chi connectivity index (χ0v) is 14.3. The third-order valence-electron chi connectivity index (χ3n) is 5.33. The van der Waals surface area contributed by atoms with Gasteiger partial charge in [0, 0.05) is 17.1 Å². The van der Waals surface area contributed by atoms with Crippen molar-refractivity contribution in [2.75, 3.05) is 5.32 Å². The third kappa shape index (κ3) is 3.37. The summed E-state index contributed by atoms with van der Waals surface area (Å²) >= 11 is 0. The molecule has 0 spiro atoms. The van der Waals surface area contributed by atoms with Crippen LogP contribution in [0.2, 0.25) is 0 Å². The van der Waals surface area contributed by atoms with Crippen LogP contribution in [0.3, 0.4) is 0 Å². The molecule has 1 aliphatic rings. The highest BCUT2D eigenvalue weighted by molar-refractivity contribution is 5.91. The first kappa shape index (κ1) is 16.1. The molecule has 1 aromatic heterocycles. The number of pyridine rings is 1. The monoisotopic (exact) mass is 334 g/mol. The first-order chi connectivity index (χ1) is 12.3. The summed E-state index contributed by atoms with van der Waals surface area (Å²) in [7, 11) is 0. The molecule has 1 saturated carbocycles. The third-order valence-corrected chi connectivity index (χ3v) is 5.33. The Hall–Kier alpha value is -2.42. The first-order valence-corrected chi connectivity index (χ1v) is 9.17. The van der Waals surface area contributed by atoms with Gasteiger partial charge in [-0.25, -0.2) is 9.37 Å². The Morgan fingerprint density at radius 2 is 1.68 bits per heavy atom. The molecule has 25 heavy (non-hydrogen) atoms. The van der Waals surface area contributed by atoms with Gasteiger partial charge in [0.15, 0.2) is 0 Å². The molecule has 3 aromatic rings. The van der Waals surface area contributed by atoms with Gasteiger partial charge in [-0.2, -0.15) is 0 Å². The van der Waals surface area contributed by atoms with E-state index in [-0.39, 0.29) is 11.9 Å². The van der Waals surface area contributed by atoms with E-state index in [1.165, 1.54) is 19.3 Å². The predicted octanol–water partition coefficient (Wildman–Crippen LogP) is 6.11. The average Bonchev–Trinajstić information content (AvgIpc) is 2.68. The molecule has 3 heteroatoms. The van der Waals surface area contributed by atoms with Crippen LogP contribution >= 0.6 is 0 Å². The van der Waals surface area contributed by atoms with Crippen molar-refractivity contribution in [1.82, 2.24) is 4.98 Å². The quantitative estimate of drug-likeness (QED) is 0.623. The standard InChI is InChI=1S/C22H23FN2/c23-20-13-7-6-12-19(20)21(17-9-2-1-3-10-17)25-22-18-11-5-4-8-16(18)14-15-24-22/h4-8,11-15,17,21H,1-3,9-10H2,(H,24,25). The van der Waals surface area contributed by atoms with Gasteiger partial charge in [0.1, 0.15) is 11.6 Å². The number of nitrogens with one attached hydrogen (secondary N) is 1. The topological polar surface area (TPSA) is 24.9 Å². The summed E-state index contributed by atoms with van der Waals surface area (Å²) in [5.74, 6) is 1.15. The molecule has 1 aliphatic carbocycles. The molecule has 128 valence electrons. The number of nitrogens with zero attached hydrogens (tertiary/aromatic N) is 1. The van der Waals surface area contributed by atoms with E-state index in [2.05, 4.69) is 22.4 Å². The molecule has 0 aliphatic heterocycles. The lowest BCUT2D eigenvalue weighted by Gasteiger charge is -2.32. The van der Waals surface area contributed by atoms with Gasteiger partial charge in [-0.05, 0) is 36.3 Å². The van der Waals surface area contributed by atoms with Gasteiger partial charge in [0.25, 0.3) is 0 Å². The van der Waals surface area contributed by atoms with Crippen LogP contribution in [0.4, 0.5) is 10.2 Å².